The first-order chi connectivity index (χ1) is 16.0. The molecule has 1 aliphatic carbocycles. The van der Waals surface area contributed by atoms with Crippen LogP contribution in [0.15, 0.2) is 53.5 Å². The van der Waals surface area contributed by atoms with Crippen LogP contribution < -0.4 is 10.5 Å². The van der Waals surface area contributed by atoms with Gasteiger partial charge in [0.2, 0.25) is 0 Å². The minimum atomic E-state index is -0.551. The standard InChI is InChI=1S/C24H22N6O3/c25-14-16-1-4-18(5-2-16)28-7-9-29(10-8-28)19-6-3-17(11-19)22-13-23-21(24(31)27-22)12-20(15-26-23)30(32)33/h1-2,4-5,11-13,15,19H,3,6-10H2,(H,27,31). The molecule has 0 spiro atoms. The van der Waals surface area contributed by atoms with Crippen LogP contribution >= 0.6 is 0 Å². The molecule has 1 unspecified atom stereocenters. The molecule has 2 aliphatic rings. The van der Waals surface area contributed by atoms with Crippen LogP contribution in [0.4, 0.5) is 11.4 Å². The van der Waals surface area contributed by atoms with E-state index in [2.05, 4.69) is 31.9 Å². The SMILES string of the molecule is N#Cc1ccc(N2CCN(C3C=C(c4cc5ncc([N+](=O)[O-])cc5c(=O)[nH]4)CC3)CC2)cc1. The van der Waals surface area contributed by atoms with Gasteiger partial charge in [-0.05, 0) is 48.7 Å². The van der Waals surface area contributed by atoms with E-state index in [4.69, 9.17) is 5.26 Å². The van der Waals surface area contributed by atoms with E-state index in [0.29, 0.717) is 17.1 Å². The summed E-state index contributed by atoms with van der Waals surface area (Å²) in [5.74, 6) is 0. The number of nitrogens with zero attached hydrogens (tertiary/aromatic N) is 5. The fraction of sp³-hybridized carbons (Fsp3) is 0.292. The van der Waals surface area contributed by atoms with E-state index in [9.17, 15) is 14.9 Å². The average Bonchev–Trinajstić information content (AvgIpc) is 3.34. The molecular weight excluding hydrogens is 420 g/mol. The number of rotatable bonds is 4. The van der Waals surface area contributed by atoms with Crippen molar-refractivity contribution in [1.82, 2.24) is 14.9 Å². The largest absolute Gasteiger partial charge is 0.369 e. The first-order valence-electron chi connectivity index (χ1n) is 10.9. The van der Waals surface area contributed by atoms with Crippen molar-refractivity contribution in [1.29, 1.82) is 5.26 Å². The zero-order valence-corrected chi connectivity index (χ0v) is 17.9. The number of aromatic amines is 1. The second-order valence-corrected chi connectivity index (χ2v) is 8.38. The maximum atomic E-state index is 12.5. The molecule has 1 aromatic carbocycles. The molecule has 1 N–H and O–H groups in total. The molecule has 1 aliphatic heterocycles. The molecule has 9 nitrogen and oxygen atoms in total. The van der Waals surface area contributed by atoms with Crippen molar-refractivity contribution in [3.63, 3.8) is 0 Å². The van der Waals surface area contributed by atoms with E-state index < -0.39 is 4.92 Å². The lowest BCUT2D eigenvalue weighted by Gasteiger charge is -2.38. The van der Waals surface area contributed by atoms with Crippen LogP contribution in [0.5, 0.6) is 0 Å². The molecule has 0 radical (unpaired) electrons. The van der Waals surface area contributed by atoms with Crippen molar-refractivity contribution in [3.8, 4) is 6.07 Å². The van der Waals surface area contributed by atoms with E-state index in [1.165, 1.54) is 12.3 Å². The molecule has 33 heavy (non-hydrogen) atoms. The lowest BCUT2D eigenvalue weighted by molar-refractivity contribution is -0.385. The van der Waals surface area contributed by atoms with E-state index in [0.717, 1.165) is 56.0 Å². The van der Waals surface area contributed by atoms with Gasteiger partial charge in [-0.15, -0.1) is 0 Å². The molecule has 3 heterocycles. The van der Waals surface area contributed by atoms with Crippen LogP contribution in [0.25, 0.3) is 16.5 Å². The quantitative estimate of drug-likeness (QED) is 0.487. The summed E-state index contributed by atoms with van der Waals surface area (Å²) < 4.78 is 0. The van der Waals surface area contributed by atoms with Crippen molar-refractivity contribution in [3.05, 3.63) is 80.4 Å². The summed E-state index contributed by atoms with van der Waals surface area (Å²) in [6, 6.07) is 13.2. The number of aromatic nitrogens is 2. The first kappa shape index (κ1) is 20.8. The van der Waals surface area contributed by atoms with Gasteiger partial charge in [0.25, 0.3) is 11.2 Å². The van der Waals surface area contributed by atoms with Crippen molar-refractivity contribution >= 4 is 27.9 Å². The molecule has 1 saturated heterocycles. The Balaban J connectivity index is 1.29. The maximum Gasteiger partial charge on any atom is 0.288 e. The van der Waals surface area contributed by atoms with Crippen molar-refractivity contribution < 1.29 is 4.92 Å². The molecule has 166 valence electrons. The number of hydrogen-bond donors (Lipinski definition) is 1. The van der Waals surface area contributed by atoms with Crippen LogP contribution in [0.3, 0.4) is 0 Å². The van der Waals surface area contributed by atoms with Gasteiger partial charge in [0, 0.05) is 49.7 Å². The van der Waals surface area contributed by atoms with Gasteiger partial charge >= 0.3 is 0 Å². The Morgan fingerprint density at radius 2 is 1.91 bits per heavy atom. The Morgan fingerprint density at radius 3 is 2.61 bits per heavy atom. The van der Waals surface area contributed by atoms with Crippen molar-refractivity contribution in [2.45, 2.75) is 18.9 Å². The fourth-order valence-electron chi connectivity index (χ4n) is 4.67. The number of fused-ring (bicyclic) bond motifs is 1. The number of nitriles is 1. The normalized spacial score (nSPS) is 18.8. The van der Waals surface area contributed by atoms with Crippen molar-refractivity contribution in [2.24, 2.45) is 0 Å². The summed E-state index contributed by atoms with van der Waals surface area (Å²) >= 11 is 0. The highest BCUT2D eigenvalue weighted by atomic mass is 16.6. The highest BCUT2D eigenvalue weighted by Gasteiger charge is 2.27. The molecule has 0 amide bonds. The Hall–Kier alpha value is -4.03. The van der Waals surface area contributed by atoms with Crippen LogP contribution in [-0.4, -0.2) is 52.0 Å². The van der Waals surface area contributed by atoms with Crippen LogP contribution in [0.1, 0.15) is 24.1 Å². The van der Waals surface area contributed by atoms with E-state index in [1.807, 2.05) is 24.3 Å². The zero-order valence-electron chi connectivity index (χ0n) is 17.9. The van der Waals surface area contributed by atoms with E-state index in [1.54, 1.807) is 6.07 Å². The van der Waals surface area contributed by atoms with Gasteiger partial charge < -0.3 is 9.88 Å². The molecule has 9 heteroatoms. The lowest BCUT2D eigenvalue weighted by Crippen LogP contribution is -2.49. The smallest absolute Gasteiger partial charge is 0.288 e. The fourth-order valence-corrected chi connectivity index (χ4v) is 4.67. The van der Waals surface area contributed by atoms with Gasteiger partial charge in [-0.2, -0.15) is 5.26 Å². The third kappa shape index (κ3) is 4.08. The second kappa shape index (κ2) is 8.48. The molecule has 5 rings (SSSR count). The zero-order chi connectivity index (χ0) is 22.9. The van der Waals surface area contributed by atoms with Crippen LogP contribution in [0.2, 0.25) is 0 Å². The maximum absolute atomic E-state index is 12.5. The third-order valence-electron chi connectivity index (χ3n) is 6.48. The molecule has 1 atom stereocenters. The summed E-state index contributed by atoms with van der Waals surface area (Å²) in [6.07, 6.45) is 5.25. The number of anilines is 1. The molecule has 0 saturated carbocycles. The Kier molecular flexibility index (Phi) is 5.36. The topological polar surface area (TPSA) is 119 Å². The Labute approximate surface area is 189 Å². The highest BCUT2D eigenvalue weighted by Crippen LogP contribution is 2.31. The van der Waals surface area contributed by atoms with Gasteiger partial charge in [0.05, 0.1) is 27.5 Å². The summed E-state index contributed by atoms with van der Waals surface area (Å²) in [7, 11) is 0. The van der Waals surface area contributed by atoms with Gasteiger partial charge in [0.15, 0.2) is 0 Å². The predicted molar refractivity (Wildman–Crippen MR) is 125 cm³/mol. The van der Waals surface area contributed by atoms with Crippen molar-refractivity contribution in [2.75, 3.05) is 31.1 Å². The number of H-pyrrole nitrogens is 1. The second-order valence-electron chi connectivity index (χ2n) is 8.38. The molecular formula is C24H22N6O3. The molecule has 3 aromatic rings. The van der Waals surface area contributed by atoms with E-state index >= 15 is 0 Å². The average molecular weight is 442 g/mol. The lowest BCUT2D eigenvalue weighted by atomic mass is 10.1. The summed E-state index contributed by atoms with van der Waals surface area (Å²) in [5, 5.41) is 20.2. The summed E-state index contributed by atoms with van der Waals surface area (Å²) in [6.45, 7) is 3.71. The van der Waals surface area contributed by atoms with Crippen LogP contribution in [0, 0.1) is 21.4 Å². The number of benzene rings is 1. The number of nitrogens with one attached hydrogen (secondary N) is 1. The predicted octanol–water partition coefficient (Wildman–Crippen LogP) is 3.07. The minimum absolute atomic E-state index is 0.193. The summed E-state index contributed by atoms with van der Waals surface area (Å²) in [5.41, 5.74) is 3.51. The monoisotopic (exact) mass is 442 g/mol. The Bertz CT molecular complexity index is 1350. The minimum Gasteiger partial charge on any atom is -0.369 e. The van der Waals surface area contributed by atoms with Gasteiger partial charge in [-0.1, -0.05) is 6.08 Å². The van der Waals surface area contributed by atoms with Gasteiger partial charge in [-0.25, -0.2) is 4.98 Å². The number of nitro groups is 1. The number of allylic oxidation sites excluding steroid dienone is 1. The van der Waals surface area contributed by atoms with Gasteiger partial charge in [0.1, 0.15) is 6.20 Å². The number of piperazine rings is 1. The molecule has 1 fully saturated rings. The highest BCUT2D eigenvalue weighted by molar-refractivity contribution is 5.82. The van der Waals surface area contributed by atoms with E-state index in [-0.39, 0.29) is 16.6 Å². The molecule has 2 aromatic heterocycles. The van der Waals surface area contributed by atoms with Gasteiger partial charge in [-0.3, -0.25) is 19.8 Å². The van der Waals surface area contributed by atoms with Crippen LogP contribution in [-0.2, 0) is 0 Å². The first-order valence-corrected chi connectivity index (χ1v) is 10.9. The Morgan fingerprint density at radius 1 is 1.15 bits per heavy atom. The third-order valence-corrected chi connectivity index (χ3v) is 6.48. The number of pyridine rings is 2. The summed E-state index contributed by atoms with van der Waals surface area (Å²) in [4.78, 5) is 34.8. The molecule has 0 bridgehead atoms. The number of hydrogen-bond acceptors (Lipinski definition) is 7.